The summed E-state index contributed by atoms with van der Waals surface area (Å²) in [5.74, 6) is -0.233. The van der Waals surface area contributed by atoms with Gasteiger partial charge in [-0.15, -0.1) is 0 Å². The minimum Gasteiger partial charge on any atom is -0.354 e. The monoisotopic (exact) mass is 510 g/mol. The Bertz CT molecular complexity index is 1120. The molecule has 0 aliphatic heterocycles. The SMILES string of the molecule is CCCNC(=O)[C@H](Cc1ccccc1)N(Cc1ccc(Cl)c(Cl)c1)C(=O)CCc1ccc(C)cc1. The molecule has 184 valence electrons. The largest absolute Gasteiger partial charge is 0.354 e. The van der Waals surface area contributed by atoms with Gasteiger partial charge in [-0.2, -0.15) is 0 Å². The van der Waals surface area contributed by atoms with Crippen LogP contribution in [0.25, 0.3) is 0 Å². The van der Waals surface area contributed by atoms with Gasteiger partial charge < -0.3 is 10.2 Å². The van der Waals surface area contributed by atoms with Gasteiger partial charge in [0, 0.05) is 25.9 Å². The molecule has 3 aromatic carbocycles. The zero-order valence-corrected chi connectivity index (χ0v) is 21.8. The number of carbonyl (C=O) groups is 2. The number of hydrogen-bond donors (Lipinski definition) is 1. The molecule has 0 saturated carbocycles. The number of rotatable bonds is 11. The first-order valence-corrected chi connectivity index (χ1v) is 12.7. The number of nitrogens with zero attached hydrogens (tertiary/aromatic N) is 1. The molecule has 0 radical (unpaired) electrons. The Morgan fingerprint density at radius 3 is 2.23 bits per heavy atom. The Kier molecular flexibility index (Phi) is 10.2. The summed E-state index contributed by atoms with van der Waals surface area (Å²) in [4.78, 5) is 28.6. The number of benzene rings is 3. The second kappa shape index (κ2) is 13.3. The minimum atomic E-state index is -0.649. The van der Waals surface area contributed by atoms with E-state index in [0.29, 0.717) is 35.9 Å². The maximum absolute atomic E-state index is 13.6. The summed E-state index contributed by atoms with van der Waals surface area (Å²) in [6.07, 6.45) is 2.15. The van der Waals surface area contributed by atoms with Crippen LogP contribution in [0.15, 0.2) is 72.8 Å². The molecule has 0 saturated heterocycles. The molecule has 3 aromatic rings. The van der Waals surface area contributed by atoms with Crippen molar-refractivity contribution in [2.75, 3.05) is 6.54 Å². The molecule has 35 heavy (non-hydrogen) atoms. The number of amides is 2. The van der Waals surface area contributed by atoms with Crippen molar-refractivity contribution in [1.82, 2.24) is 10.2 Å². The van der Waals surface area contributed by atoms with Gasteiger partial charge in [0.05, 0.1) is 10.0 Å². The van der Waals surface area contributed by atoms with Crippen LogP contribution in [-0.4, -0.2) is 29.3 Å². The molecule has 0 heterocycles. The molecule has 0 spiro atoms. The quantitative estimate of drug-likeness (QED) is 0.324. The van der Waals surface area contributed by atoms with Crippen LogP contribution in [0.5, 0.6) is 0 Å². The van der Waals surface area contributed by atoms with Crippen LogP contribution in [-0.2, 0) is 29.0 Å². The Labute approximate surface area is 218 Å². The maximum Gasteiger partial charge on any atom is 0.243 e. The van der Waals surface area contributed by atoms with Crippen LogP contribution in [0, 0.1) is 6.92 Å². The van der Waals surface area contributed by atoms with Crippen LogP contribution >= 0.6 is 23.2 Å². The van der Waals surface area contributed by atoms with Crippen molar-refractivity contribution >= 4 is 35.0 Å². The lowest BCUT2D eigenvalue weighted by molar-refractivity contribution is -0.141. The van der Waals surface area contributed by atoms with Crippen molar-refractivity contribution in [1.29, 1.82) is 0 Å². The van der Waals surface area contributed by atoms with Crippen molar-refractivity contribution in [2.45, 2.75) is 52.1 Å². The van der Waals surface area contributed by atoms with Gasteiger partial charge in [0.1, 0.15) is 6.04 Å². The predicted octanol–water partition coefficient (Wildman–Crippen LogP) is 6.40. The first-order chi connectivity index (χ1) is 16.9. The van der Waals surface area contributed by atoms with Gasteiger partial charge in [-0.1, -0.05) is 96.4 Å². The molecule has 4 nitrogen and oxygen atoms in total. The van der Waals surface area contributed by atoms with Gasteiger partial charge in [0.25, 0.3) is 0 Å². The van der Waals surface area contributed by atoms with Gasteiger partial charge in [0.15, 0.2) is 0 Å². The molecule has 2 amide bonds. The van der Waals surface area contributed by atoms with E-state index in [9.17, 15) is 9.59 Å². The molecule has 0 aromatic heterocycles. The molecule has 6 heteroatoms. The summed E-state index contributed by atoms with van der Waals surface area (Å²) >= 11 is 12.4. The lowest BCUT2D eigenvalue weighted by atomic mass is 10.0. The summed E-state index contributed by atoms with van der Waals surface area (Å²) < 4.78 is 0. The van der Waals surface area contributed by atoms with Crippen molar-refractivity contribution in [3.05, 3.63) is 105 Å². The molecular formula is C29H32Cl2N2O2. The summed E-state index contributed by atoms with van der Waals surface area (Å²) in [6, 6.07) is 22.6. The first kappa shape index (κ1) is 26.8. The van der Waals surface area contributed by atoms with Gasteiger partial charge in [-0.05, 0) is 48.6 Å². The van der Waals surface area contributed by atoms with E-state index in [1.807, 2.05) is 74.5 Å². The van der Waals surface area contributed by atoms with Crippen LogP contribution in [0.1, 0.15) is 42.0 Å². The second-order valence-electron chi connectivity index (χ2n) is 8.75. The Balaban J connectivity index is 1.90. The average Bonchev–Trinajstić information content (AvgIpc) is 2.86. The highest BCUT2D eigenvalue weighted by Crippen LogP contribution is 2.24. The van der Waals surface area contributed by atoms with E-state index in [0.717, 1.165) is 23.1 Å². The normalized spacial score (nSPS) is 11.7. The lowest BCUT2D eigenvalue weighted by Gasteiger charge is -2.32. The van der Waals surface area contributed by atoms with E-state index in [-0.39, 0.29) is 18.4 Å². The van der Waals surface area contributed by atoms with Gasteiger partial charge >= 0.3 is 0 Å². The topological polar surface area (TPSA) is 49.4 Å². The Morgan fingerprint density at radius 1 is 0.886 bits per heavy atom. The lowest BCUT2D eigenvalue weighted by Crippen LogP contribution is -2.50. The fourth-order valence-electron chi connectivity index (χ4n) is 3.90. The summed E-state index contributed by atoms with van der Waals surface area (Å²) in [7, 11) is 0. The molecule has 3 rings (SSSR count). The predicted molar refractivity (Wildman–Crippen MR) is 144 cm³/mol. The molecule has 0 unspecified atom stereocenters. The van der Waals surface area contributed by atoms with Crippen LogP contribution in [0.3, 0.4) is 0 Å². The number of halogens is 2. The third-order valence-electron chi connectivity index (χ3n) is 5.91. The number of aryl methyl sites for hydroxylation is 2. The third kappa shape index (κ3) is 8.12. The highest BCUT2D eigenvalue weighted by Gasteiger charge is 2.30. The van der Waals surface area contributed by atoms with Gasteiger partial charge in [-0.3, -0.25) is 9.59 Å². The van der Waals surface area contributed by atoms with Gasteiger partial charge in [0.2, 0.25) is 11.8 Å². The number of carbonyl (C=O) groups excluding carboxylic acids is 2. The first-order valence-electron chi connectivity index (χ1n) is 12.0. The zero-order chi connectivity index (χ0) is 25.2. The summed E-state index contributed by atoms with van der Waals surface area (Å²) in [5.41, 5.74) is 4.09. The van der Waals surface area contributed by atoms with Crippen molar-refractivity contribution < 1.29 is 9.59 Å². The molecule has 1 N–H and O–H groups in total. The molecule has 0 bridgehead atoms. The van der Waals surface area contributed by atoms with Crippen LogP contribution in [0.2, 0.25) is 10.0 Å². The molecule has 1 atom stereocenters. The highest BCUT2D eigenvalue weighted by molar-refractivity contribution is 6.42. The smallest absolute Gasteiger partial charge is 0.243 e. The van der Waals surface area contributed by atoms with Crippen molar-refractivity contribution in [2.24, 2.45) is 0 Å². The van der Waals surface area contributed by atoms with Crippen LogP contribution in [0.4, 0.5) is 0 Å². The van der Waals surface area contributed by atoms with E-state index in [1.165, 1.54) is 5.56 Å². The molecule has 0 fully saturated rings. The maximum atomic E-state index is 13.6. The Morgan fingerprint density at radius 2 is 1.57 bits per heavy atom. The van der Waals surface area contributed by atoms with Gasteiger partial charge in [-0.25, -0.2) is 0 Å². The second-order valence-corrected chi connectivity index (χ2v) is 9.57. The summed E-state index contributed by atoms with van der Waals surface area (Å²) in [6.45, 7) is 4.87. The summed E-state index contributed by atoms with van der Waals surface area (Å²) in [5, 5.41) is 3.87. The highest BCUT2D eigenvalue weighted by atomic mass is 35.5. The van der Waals surface area contributed by atoms with E-state index < -0.39 is 6.04 Å². The minimum absolute atomic E-state index is 0.0794. The van der Waals surface area contributed by atoms with Crippen LogP contribution < -0.4 is 5.32 Å². The fourth-order valence-corrected chi connectivity index (χ4v) is 4.22. The van der Waals surface area contributed by atoms with Crippen molar-refractivity contribution in [3.8, 4) is 0 Å². The number of hydrogen-bond acceptors (Lipinski definition) is 2. The van der Waals surface area contributed by atoms with Crippen molar-refractivity contribution in [3.63, 3.8) is 0 Å². The molecule has 0 aliphatic rings. The average molecular weight is 511 g/mol. The molecule has 0 aliphatic carbocycles. The third-order valence-corrected chi connectivity index (χ3v) is 6.64. The number of nitrogens with one attached hydrogen (secondary N) is 1. The van der Waals surface area contributed by atoms with E-state index in [4.69, 9.17) is 23.2 Å². The van der Waals surface area contributed by atoms with E-state index in [1.54, 1.807) is 17.0 Å². The standard InChI is InChI=1S/C29H32Cl2N2O2/c1-3-17-32-29(35)27(19-23-7-5-4-6-8-23)33(20-24-13-15-25(30)26(31)18-24)28(34)16-14-22-11-9-21(2)10-12-22/h4-13,15,18,27H,3,14,16-17,19-20H2,1-2H3,(H,32,35)/t27-/m0/s1. The zero-order valence-electron chi connectivity index (χ0n) is 20.3. The Hall–Kier alpha value is -2.82. The fraction of sp³-hybridized carbons (Fsp3) is 0.310. The van der Waals surface area contributed by atoms with E-state index >= 15 is 0 Å². The van der Waals surface area contributed by atoms with E-state index in [2.05, 4.69) is 5.32 Å². The molecular weight excluding hydrogens is 479 g/mol.